The van der Waals surface area contributed by atoms with Crippen LogP contribution in [0.15, 0.2) is 71.2 Å². The largest absolute Gasteiger partial charge is 0.484 e. The number of rotatable bonds is 5. The summed E-state index contributed by atoms with van der Waals surface area (Å²) in [6.07, 6.45) is 3.09. The maximum atomic E-state index is 12.0. The van der Waals surface area contributed by atoms with Crippen LogP contribution in [0.4, 0.5) is 0 Å². The van der Waals surface area contributed by atoms with Crippen LogP contribution in [0.3, 0.4) is 0 Å². The summed E-state index contributed by atoms with van der Waals surface area (Å²) >= 11 is 3.41. The summed E-state index contributed by atoms with van der Waals surface area (Å²) in [5.74, 6) is -0.300. The van der Waals surface area contributed by atoms with Crippen molar-refractivity contribution in [2.24, 2.45) is 0 Å². The van der Waals surface area contributed by atoms with Gasteiger partial charge in [-0.2, -0.15) is 0 Å². The highest BCUT2D eigenvalue weighted by Crippen LogP contribution is 2.21. The van der Waals surface area contributed by atoms with E-state index < -0.39 is 11.8 Å². The zero-order chi connectivity index (χ0) is 19.9. The second-order valence-electron chi connectivity index (χ2n) is 6.14. The SMILES string of the molecule is Cc1cc(OCC(=O)NNC(=O)/C=C/c2cccc3ccccc23)ccc1Br. The maximum Gasteiger partial charge on any atom is 0.276 e. The molecule has 0 saturated carbocycles. The van der Waals surface area contributed by atoms with Gasteiger partial charge >= 0.3 is 0 Å². The van der Waals surface area contributed by atoms with Gasteiger partial charge in [-0.05, 0) is 53.1 Å². The molecular formula is C22H19BrN2O3. The minimum absolute atomic E-state index is 0.200. The van der Waals surface area contributed by atoms with E-state index in [2.05, 4.69) is 26.8 Å². The number of nitrogens with one attached hydrogen (secondary N) is 2. The molecular weight excluding hydrogens is 420 g/mol. The van der Waals surface area contributed by atoms with Crippen LogP contribution in [-0.2, 0) is 9.59 Å². The number of hydrogen-bond acceptors (Lipinski definition) is 3. The molecule has 5 nitrogen and oxygen atoms in total. The van der Waals surface area contributed by atoms with E-state index in [1.54, 1.807) is 12.1 Å². The van der Waals surface area contributed by atoms with Crippen molar-refractivity contribution < 1.29 is 14.3 Å². The molecule has 3 rings (SSSR count). The highest BCUT2D eigenvalue weighted by Gasteiger charge is 2.05. The zero-order valence-electron chi connectivity index (χ0n) is 15.2. The van der Waals surface area contributed by atoms with Gasteiger partial charge in [-0.1, -0.05) is 58.4 Å². The highest BCUT2D eigenvalue weighted by atomic mass is 79.9. The Labute approximate surface area is 171 Å². The summed E-state index contributed by atoms with van der Waals surface area (Å²) in [4.78, 5) is 23.8. The third-order valence-electron chi connectivity index (χ3n) is 4.06. The van der Waals surface area contributed by atoms with E-state index in [9.17, 15) is 9.59 Å². The molecule has 0 spiro atoms. The predicted molar refractivity (Wildman–Crippen MR) is 114 cm³/mol. The number of hydrazine groups is 1. The Kier molecular flexibility index (Phi) is 6.45. The molecule has 0 aliphatic heterocycles. The van der Waals surface area contributed by atoms with E-state index in [-0.39, 0.29) is 6.61 Å². The monoisotopic (exact) mass is 438 g/mol. The van der Waals surface area contributed by atoms with E-state index in [0.29, 0.717) is 5.75 Å². The van der Waals surface area contributed by atoms with Gasteiger partial charge in [0.2, 0.25) is 0 Å². The Morgan fingerprint density at radius 2 is 1.82 bits per heavy atom. The van der Waals surface area contributed by atoms with Gasteiger partial charge in [-0.25, -0.2) is 0 Å². The average Bonchev–Trinajstić information content (AvgIpc) is 2.71. The summed E-state index contributed by atoms with van der Waals surface area (Å²) in [6.45, 7) is 1.73. The van der Waals surface area contributed by atoms with Crippen LogP contribution < -0.4 is 15.6 Å². The van der Waals surface area contributed by atoms with Gasteiger partial charge in [-0.15, -0.1) is 0 Å². The number of fused-ring (bicyclic) bond motifs is 1. The molecule has 3 aromatic carbocycles. The van der Waals surface area contributed by atoms with Crippen LogP contribution in [0, 0.1) is 6.92 Å². The van der Waals surface area contributed by atoms with E-state index in [1.165, 1.54) is 6.08 Å². The number of halogens is 1. The predicted octanol–water partition coefficient (Wildman–Crippen LogP) is 4.15. The molecule has 0 bridgehead atoms. The summed E-state index contributed by atoms with van der Waals surface area (Å²) < 4.78 is 6.38. The number of hydrogen-bond donors (Lipinski definition) is 2. The molecule has 0 atom stereocenters. The molecule has 0 fully saturated rings. The molecule has 28 heavy (non-hydrogen) atoms. The molecule has 0 unspecified atom stereocenters. The number of aryl methyl sites for hydroxylation is 1. The van der Waals surface area contributed by atoms with Crippen molar-refractivity contribution in [3.63, 3.8) is 0 Å². The molecule has 6 heteroatoms. The molecule has 0 aromatic heterocycles. The van der Waals surface area contributed by atoms with Crippen molar-refractivity contribution in [3.8, 4) is 5.75 Å². The van der Waals surface area contributed by atoms with Gasteiger partial charge in [-0.3, -0.25) is 20.4 Å². The molecule has 0 aliphatic rings. The second-order valence-corrected chi connectivity index (χ2v) is 6.99. The van der Waals surface area contributed by atoms with Crippen molar-refractivity contribution in [1.29, 1.82) is 0 Å². The smallest absolute Gasteiger partial charge is 0.276 e. The highest BCUT2D eigenvalue weighted by molar-refractivity contribution is 9.10. The van der Waals surface area contributed by atoms with Crippen molar-refractivity contribution in [1.82, 2.24) is 10.9 Å². The van der Waals surface area contributed by atoms with Crippen LogP contribution in [0.1, 0.15) is 11.1 Å². The fourth-order valence-electron chi connectivity index (χ4n) is 2.63. The van der Waals surface area contributed by atoms with Crippen molar-refractivity contribution in [3.05, 3.63) is 82.3 Å². The molecule has 0 aliphatic carbocycles. The first-order valence-electron chi connectivity index (χ1n) is 8.66. The number of ether oxygens (including phenoxy) is 1. The van der Waals surface area contributed by atoms with Crippen molar-refractivity contribution in [2.75, 3.05) is 6.61 Å². The van der Waals surface area contributed by atoms with E-state index in [0.717, 1.165) is 26.4 Å². The van der Waals surface area contributed by atoms with E-state index in [4.69, 9.17) is 4.74 Å². The second kappa shape index (κ2) is 9.19. The summed E-state index contributed by atoms with van der Waals surface area (Å²) in [5.41, 5.74) is 6.60. The van der Waals surface area contributed by atoms with E-state index in [1.807, 2.05) is 61.5 Å². The van der Waals surface area contributed by atoms with Gasteiger partial charge in [0, 0.05) is 10.5 Å². The van der Waals surface area contributed by atoms with Gasteiger partial charge in [0.1, 0.15) is 5.75 Å². The van der Waals surface area contributed by atoms with Crippen LogP contribution in [0.5, 0.6) is 5.75 Å². The lowest BCUT2D eigenvalue weighted by atomic mass is 10.0. The summed E-state index contributed by atoms with van der Waals surface area (Å²) in [6, 6.07) is 19.2. The van der Waals surface area contributed by atoms with Crippen LogP contribution in [0.2, 0.25) is 0 Å². The fourth-order valence-corrected chi connectivity index (χ4v) is 2.87. The number of benzene rings is 3. The maximum absolute atomic E-state index is 12.0. The first-order chi connectivity index (χ1) is 13.5. The van der Waals surface area contributed by atoms with Gasteiger partial charge in [0.25, 0.3) is 11.8 Å². The average molecular weight is 439 g/mol. The summed E-state index contributed by atoms with van der Waals surface area (Å²) in [7, 11) is 0. The minimum Gasteiger partial charge on any atom is -0.484 e. The normalized spacial score (nSPS) is 10.8. The Hall–Kier alpha value is -3.12. The lowest BCUT2D eigenvalue weighted by Gasteiger charge is -2.08. The van der Waals surface area contributed by atoms with Crippen LogP contribution >= 0.6 is 15.9 Å². The first kappa shape index (κ1) is 19.6. The van der Waals surface area contributed by atoms with E-state index >= 15 is 0 Å². The molecule has 2 N–H and O–H groups in total. The topological polar surface area (TPSA) is 67.4 Å². The van der Waals surface area contributed by atoms with Crippen molar-refractivity contribution >= 4 is 44.6 Å². The van der Waals surface area contributed by atoms with Gasteiger partial charge in [0.15, 0.2) is 6.61 Å². The Morgan fingerprint density at radius 1 is 1.04 bits per heavy atom. The molecule has 142 valence electrons. The zero-order valence-corrected chi connectivity index (χ0v) is 16.8. The standard InChI is InChI=1S/C22H19BrN2O3/c1-15-13-18(10-11-20(15)23)28-14-22(27)25-24-21(26)12-9-17-7-4-6-16-5-2-3-8-19(16)17/h2-13H,14H2,1H3,(H,24,26)(H,25,27)/b12-9+. The Morgan fingerprint density at radius 3 is 2.64 bits per heavy atom. The Bertz CT molecular complexity index is 1040. The Balaban J connectivity index is 1.50. The fraction of sp³-hybridized carbons (Fsp3) is 0.0909. The molecule has 2 amide bonds. The van der Waals surface area contributed by atoms with Crippen LogP contribution in [0.25, 0.3) is 16.8 Å². The van der Waals surface area contributed by atoms with Crippen LogP contribution in [-0.4, -0.2) is 18.4 Å². The minimum atomic E-state index is -0.451. The molecule has 0 radical (unpaired) electrons. The quantitative estimate of drug-likeness (QED) is 0.464. The lowest BCUT2D eigenvalue weighted by molar-refractivity contribution is -0.128. The lowest BCUT2D eigenvalue weighted by Crippen LogP contribution is -2.43. The summed E-state index contributed by atoms with van der Waals surface area (Å²) in [5, 5.41) is 2.15. The number of amides is 2. The van der Waals surface area contributed by atoms with Gasteiger partial charge < -0.3 is 4.74 Å². The first-order valence-corrected chi connectivity index (χ1v) is 9.46. The van der Waals surface area contributed by atoms with Crippen molar-refractivity contribution in [2.45, 2.75) is 6.92 Å². The van der Waals surface area contributed by atoms with Gasteiger partial charge in [0.05, 0.1) is 0 Å². The molecule has 0 heterocycles. The number of carbonyl (C=O) groups excluding carboxylic acids is 2. The molecule has 0 saturated heterocycles. The third-order valence-corrected chi connectivity index (χ3v) is 4.95. The number of carbonyl (C=O) groups is 2. The molecule has 3 aromatic rings. The third kappa shape index (κ3) is 5.20.